The number of carboxylic acids is 1. The van der Waals surface area contributed by atoms with E-state index in [-0.39, 0.29) is 12.0 Å². The van der Waals surface area contributed by atoms with Crippen LogP contribution >= 0.6 is 11.3 Å². The smallest absolute Gasteiger partial charge is 0.308 e. The molecule has 100 valence electrons. The third-order valence-corrected chi connectivity index (χ3v) is 4.65. The van der Waals surface area contributed by atoms with Crippen molar-refractivity contribution in [2.75, 3.05) is 5.32 Å². The van der Waals surface area contributed by atoms with E-state index in [0.29, 0.717) is 0 Å². The Hall–Kier alpha value is -1.62. The fourth-order valence-electron chi connectivity index (χ4n) is 2.69. The number of thiazole rings is 1. The summed E-state index contributed by atoms with van der Waals surface area (Å²) in [7, 11) is 0. The molecule has 2 aromatic rings. The Bertz CT molecular complexity index is 563. The quantitative estimate of drug-likeness (QED) is 0.902. The predicted octanol–water partition coefficient (Wildman–Crippen LogP) is 3.35. The van der Waals surface area contributed by atoms with Crippen molar-refractivity contribution in [2.24, 2.45) is 5.92 Å². The maximum absolute atomic E-state index is 11.3. The second kappa shape index (κ2) is 5.17. The van der Waals surface area contributed by atoms with Crippen molar-refractivity contribution in [3.63, 3.8) is 0 Å². The number of nitrogens with one attached hydrogen (secondary N) is 1. The maximum atomic E-state index is 11.3. The van der Waals surface area contributed by atoms with Gasteiger partial charge in [0.1, 0.15) is 0 Å². The standard InChI is InChI=1S/C14H16N2O2S/c17-13(18)9-5-1-2-6-10(9)15-14-16-11-7-3-4-8-12(11)19-14/h3-4,7-10H,1-2,5-6H2,(H,15,16)(H,17,18). The number of anilines is 1. The second-order valence-electron chi connectivity index (χ2n) is 4.97. The van der Waals surface area contributed by atoms with Crippen LogP contribution in [0.3, 0.4) is 0 Å². The molecule has 1 saturated carbocycles. The summed E-state index contributed by atoms with van der Waals surface area (Å²) in [6.45, 7) is 0. The first-order chi connectivity index (χ1) is 9.24. The van der Waals surface area contributed by atoms with Crippen LogP contribution in [-0.4, -0.2) is 22.1 Å². The molecule has 1 fully saturated rings. The van der Waals surface area contributed by atoms with Gasteiger partial charge >= 0.3 is 5.97 Å². The summed E-state index contributed by atoms with van der Waals surface area (Å²) < 4.78 is 1.13. The molecule has 4 nitrogen and oxygen atoms in total. The summed E-state index contributed by atoms with van der Waals surface area (Å²) in [5.41, 5.74) is 0.970. The van der Waals surface area contributed by atoms with Crippen LogP contribution in [0.5, 0.6) is 0 Å². The van der Waals surface area contributed by atoms with Crippen molar-refractivity contribution in [1.82, 2.24) is 4.98 Å². The van der Waals surface area contributed by atoms with Gasteiger partial charge in [0.05, 0.1) is 16.1 Å². The van der Waals surface area contributed by atoms with Crippen molar-refractivity contribution >= 4 is 32.7 Å². The molecule has 5 heteroatoms. The molecule has 0 spiro atoms. The molecule has 0 amide bonds. The molecule has 2 unspecified atom stereocenters. The summed E-state index contributed by atoms with van der Waals surface area (Å²) in [5, 5.41) is 13.4. The van der Waals surface area contributed by atoms with E-state index in [1.807, 2.05) is 24.3 Å². The number of carboxylic acid groups (broad SMARTS) is 1. The van der Waals surface area contributed by atoms with Crippen LogP contribution < -0.4 is 5.32 Å². The number of aromatic nitrogens is 1. The van der Waals surface area contributed by atoms with Gasteiger partial charge in [-0.2, -0.15) is 0 Å². The van der Waals surface area contributed by atoms with E-state index in [1.165, 1.54) is 0 Å². The van der Waals surface area contributed by atoms with E-state index in [9.17, 15) is 9.90 Å². The first kappa shape index (κ1) is 12.4. The molecule has 0 aliphatic heterocycles. The lowest BCUT2D eigenvalue weighted by molar-refractivity contribution is -0.143. The Morgan fingerprint density at radius 3 is 2.89 bits per heavy atom. The molecule has 1 aliphatic rings. The Morgan fingerprint density at radius 2 is 2.11 bits per heavy atom. The molecule has 3 rings (SSSR count). The summed E-state index contributed by atoms with van der Waals surface area (Å²) in [4.78, 5) is 15.8. The van der Waals surface area contributed by atoms with Crippen LogP contribution in [0.4, 0.5) is 5.13 Å². The minimum absolute atomic E-state index is 0.00631. The zero-order valence-electron chi connectivity index (χ0n) is 10.5. The Kier molecular flexibility index (Phi) is 3.38. The second-order valence-corrected chi connectivity index (χ2v) is 6.00. The van der Waals surface area contributed by atoms with Crippen LogP contribution in [-0.2, 0) is 4.79 Å². The summed E-state index contributed by atoms with van der Waals surface area (Å²) in [5.74, 6) is -0.987. The predicted molar refractivity (Wildman–Crippen MR) is 76.6 cm³/mol. The molecule has 2 atom stereocenters. The van der Waals surface area contributed by atoms with Crippen molar-refractivity contribution in [3.8, 4) is 0 Å². The lowest BCUT2D eigenvalue weighted by Crippen LogP contribution is -2.37. The molecule has 1 aliphatic carbocycles. The Labute approximate surface area is 115 Å². The molecule has 1 aromatic carbocycles. The maximum Gasteiger partial charge on any atom is 0.308 e. The molecule has 1 heterocycles. The van der Waals surface area contributed by atoms with E-state index >= 15 is 0 Å². The Morgan fingerprint density at radius 1 is 1.32 bits per heavy atom. The molecule has 19 heavy (non-hydrogen) atoms. The third-order valence-electron chi connectivity index (χ3n) is 3.69. The van der Waals surface area contributed by atoms with Gasteiger partial charge in [0.15, 0.2) is 5.13 Å². The number of rotatable bonds is 3. The van der Waals surface area contributed by atoms with Gasteiger partial charge in [-0.3, -0.25) is 4.79 Å². The van der Waals surface area contributed by atoms with E-state index in [0.717, 1.165) is 41.0 Å². The lowest BCUT2D eigenvalue weighted by atomic mass is 9.85. The fourth-order valence-corrected chi connectivity index (χ4v) is 3.62. The van der Waals surface area contributed by atoms with Gasteiger partial charge < -0.3 is 10.4 Å². The first-order valence-electron chi connectivity index (χ1n) is 6.59. The summed E-state index contributed by atoms with van der Waals surface area (Å²) in [6.07, 6.45) is 3.77. The molecule has 0 saturated heterocycles. The lowest BCUT2D eigenvalue weighted by Gasteiger charge is -2.28. The fraction of sp³-hybridized carbons (Fsp3) is 0.429. The van der Waals surface area contributed by atoms with Gasteiger partial charge in [-0.15, -0.1) is 0 Å². The number of hydrogen-bond acceptors (Lipinski definition) is 4. The molecule has 2 N–H and O–H groups in total. The van der Waals surface area contributed by atoms with Crippen molar-refractivity contribution < 1.29 is 9.90 Å². The zero-order valence-corrected chi connectivity index (χ0v) is 11.3. The number of benzene rings is 1. The highest BCUT2D eigenvalue weighted by Crippen LogP contribution is 2.31. The van der Waals surface area contributed by atoms with Crippen LogP contribution in [0.1, 0.15) is 25.7 Å². The van der Waals surface area contributed by atoms with Crippen LogP contribution in [0.15, 0.2) is 24.3 Å². The van der Waals surface area contributed by atoms with E-state index in [2.05, 4.69) is 10.3 Å². The minimum atomic E-state index is -0.696. The molecule has 0 bridgehead atoms. The highest BCUT2D eigenvalue weighted by atomic mass is 32.1. The number of hydrogen-bond donors (Lipinski definition) is 2. The van der Waals surface area contributed by atoms with Crippen LogP contribution in [0.2, 0.25) is 0 Å². The van der Waals surface area contributed by atoms with Gasteiger partial charge in [-0.25, -0.2) is 4.98 Å². The number of carbonyl (C=O) groups is 1. The number of para-hydroxylation sites is 1. The number of aliphatic carboxylic acids is 1. The highest BCUT2D eigenvalue weighted by molar-refractivity contribution is 7.22. The molecule has 1 aromatic heterocycles. The molecular weight excluding hydrogens is 260 g/mol. The average Bonchev–Trinajstić information content (AvgIpc) is 2.81. The largest absolute Gasteiger partial charge is 0.481 e. The normalized spacial score (nSPS) is 23.4. The summed E-state index contributed by atoms with van der Waals surface area (Å²) in [6, 6.07) is 7.98. The Balaban J connectivity index is 1.80. The van der Waals surface area contributed by atoms with E-state index < -0.39 is 5.97 Å². The SMILES string of the molecule is O=C(O)C1CCCCC1Nc1nc2ccccc2s1. The van der Waals surface area contributed by atoms with Crippen molar-refractivity contribution in [3.05, 3.63) is 24.3 Å². The van der Waals surface area contributed by atoms with Gasteiger partial charge in [0.2, 0.25) is 0 Å². The van der Waals surface area contributed by atoms with Crippen molar-refractivity contribution in [2.45, 2.75) is 31.7 Å². The third kappa shape index (κ3) is 2.56. The first-order valence-corrected chi connectivity index (χ1v) is 7.40. The monoisotopic (exact) mass is 276 g/mol. The molecule has 0 radical (unpaired) electrons. The highest BCUT2D eigenvalue weighted by Gasteiger charge is 2.31. The van der Waals surface area contributed by atoms with Gasteiger partial charge in [0, 0.05) is 6.04 Å². The number of nitrogens with zero attached hydrogens (tertiary/aromatic N) is 1. The minimum Gasteiger partial charge on any atom is -0.481 e. The van der Waals surface area contributed by atoms with Crippen LogP contribution in [0.25, 0.3) is 10.2 Å². The van der Waals surface area contributed by atoms with Gasteiger partial charge in [0.25, 0.3) is 0 Å². The molecular formula is C14H16N2O2S. The van der Waals surface area contributed by atoms with Crippen LogP contribution in [0, 0.1) is 5.92 Å². The number of fused-ring (bicyclic) bond motifs is 1. The van der Waals surface area contributed by atoms with Crippen molar-refractivity contribution in [1.29, 1.82) is 0 Å². The topological polar surface area (TPSA) is 62.2 Å². The summed E-state index contributed by atoms with van der Waals surface area (Å²) >= 11 is 1.59. The average molecular weight is 276 g/mol. The zero-order chi connectivity index (χ0) is 13.2. The van der Waals surface area contributed by atoms with E-state index in [4.69, 9.17) is 0 Å². The van der Waals surface area contributed by atoms with Gasteiger partial charge in [-0.1, -0.05) is 36.3 Å². The van der Waals surface area contributed by atoms with E-state index in [1.54, 1.807) is 11.3 Å². The van der Waals surface area contributed by atoms with Gasteiger partial charge in [-0.05, 0) is 25.0 Å².